The summed E-state index contributed by atoms with van der Waals surface area (Å²) < 4.78 is 0. The van der Waals surface area contributed by atoms with E-state index in [1.165, 1.54) is 33.4 Å². The van der Waals surface area contributed by atoms with Crippen LogP contribution in [0.1, 0.15) is 5.56 Å². The van der Waals surface area contributed by atoms with Gasteiger partial charge in [0.15, 0.2) is 0 Å². The molecule has 0 N–H and O–H groups in total. The first-order valence-electron chi connectivity index (χ1n) is 6.84. The van der Waals surface area contributed by atoms with Crippen LogP contribution in [-0.2, 0) is 0 Å². The summed E-state index contributed by atoms with van der Waals surface area (Å²) in [6.07, 6.45) is 1.88. The van der Waals surface area contributed by atoms with Gasteiger partial charge in [-0.15, -0.1) is 0 Å². The zero-order valence-corrected chi connectivity index (χ0v) is 11.1. The van der Waals surface area contributed by atoms with Crippen molar-refractivity contribution in [2.45, 2.75) is 0 Å². The van der Waals surface area contributed by atoms with Crippen molar-refractivity contribution in [1.29, 1.82) is 0 Å². The van der Waals surface area contributed by atoms with Gasteiger partial charge in [-0.05, 0) is 38.9 Å². The fraction of sp³-hybridized carbons (Fsp3) is 0. The molecule has 94 valence electrons. The molecule has 0 radical (unpaired) electrons. The molecular formula is C20H14. The topological polar surface area (TPSA) is 0 Å². The molecule has 0 saturated heterocycles. The second-order valence-electron chi connectivity index (χ2n) is 5.10. The summed E-state index contributed by atoms with van der Waals surface area (Å²) in [6.45, 7) is 3.81. The number of rotatable bonds is 2. The van der Waals surface area contributed by atoms with Crippen LogP contribution in [0, 0.1) is 0 Å². The van der Waals surface area contributed by atoms with Crippen LogP contribution >= 0.6 is 0 Å². The number of benzene rings is 3. The fourth-order valence-corrected chi connectivity index (χ4v) is 2.98. The molecule has 0 heteroatoms. The molecule has 0 aliphatic heterocycles. The molecule has 0 atom stereocenters. The highest BCUT2D eigenvalue weighted by atomic mass is 14.3. The van der Waals surface area contributed by atoms with Crippen LogP contribution in [0.5, 0.6) is 0 Å². The predicted octanol–water partition coefficient (Wildman–Crippen LogP) is 5.64. The van der Waals surface area contributed by atoms with Gasteiger partial charge in [0.25, 0.3) is 0 Å². The van der Waals surface area contributed by atoms with E-state index in [1.807, 2.05) is 6.08 Å². The normalized spacial score (nSPS) is 11.2. The average Bonchev–Trinajstić information content (AvgIpc) is 2.52. The van der Waals surface area contributed by atoms with Crippen molar-refractivity contribution in [3.63, 3.8) is 0 Å². The van der Waals surface area contributed by atoms with Gasteiger partial charge >= 0.3 is 0 Å². The Morgan fingerprint density at radius 2 is 1.25 bits per heavy atom. The van der Waals surface area contributed by atoms with Crippen molar-refractivity contribution in [3.8, 4) is 33.4 Å². The maximum atomic E-state index is 3.81. The predicted molar refractivity (Wildman–Crippen MR) is 86.4 cm³/mol. The lowest BCUT2D eigenvalue weighted by atomic mass is 9.76. The van der Waals surface area contributed by atoms with E-state index >= 15 is 0 Å². The lowest BCUT2D eigenvalue weighted by molar-refractivity contribution is 1.50. The Kier molecular flexibility index (Phi) is 2.37. The van der Waals surface area contributed by atoms with Gasteiger partial charge in [-0.2, -0.15) is 0 Å². The zero-order chi connectivity index (χ0) is 13.5. The summed E-state index contributed by atoms with van der Waals surface area (Å²) in [6, 6.07) is 23.8. The van der Waals surface area contributed by atoms with E-state index in [-0.39, 0.29) is 0 Å². The minimum absolute atomic E-state index is 1.16. The highest BCUT2D eigenvalue weighted by Gasteiger charge is 2.24. The van der Waals surface area contributed by atoms with Gasteiger partial charge < -0.3 is 0 Å². The first kappa shape index (κ1) is 11.2. The number of hydrogen-bond donors (Lipinski definition) is 0. The fourth-order valence-electron chi connectivity index (χ4n) is 2.98. The third kappa shape index (κ3) is 1.48. The van der Waals surface area contributed by atoms with Crippen molar-refractivity contribution in [3.05, 3.63) is 78.9 Å². The van der Waals surface area contributed by atoms with E-state index in [1.54, 1.807) is 0 Å². The zero-order valence-electron chi connectivity index (χ0n) is 11.1. The second kappa shape index (κ2) is 4.21. The van der Waals surface area contributed by atoms with Crippen molar-refractivity contribution >= 4 is 6.08 Å². The van der Waals surface area contributed by atoms with E-state index in [0.717, 1.165) is 5.56 Å². The second-order valence-corrected chi connectivity index (χ2v) is 5.10. The molecule has 3 aromatic carbocycles. The number of fused-ring (bicyclic) bond motifs is 4. The molecule has 0 bridgehead atoms. The number of hydrogen-bond acceptors (Lipinski definition) is 0. The molecule has 0 nitrogen and oxygen atoms in total. The summed E-state index contributed by atoms with van der Waals surface area (Å²) in [7, 11) is 0. The quantitative estimate of drug-likeness (QED) is 0.434. The lowest BCUT2D eigenvalue weighted by Crippen LogP contribution is -2.00. The average molecular weight is 254 g/mol. The molecule has 0 fully saturated rings. The molecule has 0 unspecified atom stereocenters. The highest BCUT2D eigenvalue weighted by Crippen LogP contribution is 2.51. The Hall–Kier alpha value is -2.60. The molecule has 3 aromatic rings. The van der Waals surface area contributed by atoms with E-state index in [0.29, 0.717) is 0 Å². The third-order valence-corrected chi connectivity index (χ3v) is 4.01. The molecule has 0 saturated carbocycles. The Morgan fingerprint density at radius 3 is 2.00 bits per heavy atom. The van der Waals surface area contributed by atoms with Crippen LogP contribution in [0.2, 0.25) is 0 Å². The molecular weight excluding hydrogens is 240 g/mol. The van der Waals surface area contributed by atoms with Crippen LogP contribution in [0.3, 0.4) is 0 Å². The largest absolute Gasteiger partial charge is 0.0985 e. The van der Waals surface area contributed by atoms with Crippen LogP contribution in [-0.4, -0.2) is 0 Å². The van der Waals surface area contributed by atoms with Crippen LogP contribution < -0.4 is 0 Å². The Morgan fingerprint density at radius 1 is 0.600 bits per heavy atom. The van der Waals surface area contributed by atoms with E-state index < -0.39 is 0 Å². The first-order valence-corrected chi connectivity index (χ1v) is 6.84. The van der Waals surface area contributed by atoms with Crippen LogP contribution in [0.25, 0.3) is 39.5 Å². The van der Waals surface area contributed by atoms with Crippen LogP contribution in [0.4, 0.5) is 0 Å². The van der Waals surface area contributed by atoms with Gasteiger partial charge in [-0.1, -0.05) is 79.4 Å². The summed E-state index contributed by atoms with van der Waals surface area (Å²) in [5, 5.41) is 0. The van der Waals surface area contributed by atoms with Crippen molar-refractivity contribution in [2.75, 3.05) is 0 Å². The molecule has 0 amide bonds. The molecule has 0 aromatic heterocycles. The minimum Gasteiger partial charge on any atom is -0.0985 e. The van der Waals surface area contributed by atoms with Crippen LogP contribution in [0.15, 0.2) is 73.3 Å². The highest BCUT2D eigenvalue weighted by molar-refractivity contribution is 6.08. The van der Waals surface area contributed by atoms with Gasteiger partial charge in [-0.25, -0.2) is 0 Å². The maximum absolute atomic E-state index is 3.81. The van der Waals surface area contributed by atoms with Crippen molar-refractivity contribution in [2.24, 2.45) is 0 Å². The lowest BCUT2D eigenvalue weighted by Gasteiger charge is -2.26. The Bertz CT molecular complexity index is 808. The molecule has 0 spiro atoms. The molecule has 1 aliphatic rings. The van der Waals surface area contributed by atoms with Gasteiger partial charge in [0.1, 0.15) is 0 Å². The van der Waals surface area contributed by atoms with Gasteiger partial charge in [-0.3, -0.25) is 0 Å². The maximum Gasteiger partial charge on any atom is -0.00204 e. The SMILES string of the molecule is C=Cc1ccc(-c2cccc3c2-c2ccccc2-3)cc1. The monoisotopic (exact) mass is 254 g/mol. The summed E-state index contributed by atoms with van der Waals surface area (Å²) in [5.41, 5.74) is 9.22. The van der Waals surface area contributed by atoms with Gasteiger partial charge in [0.2, 0.25) is 0 Å². The smallest absolute Gasteiger partial charge is 0.00204 e. The summed E-state index contributed by atoms with van der Waals surface area (Å²) in [5.74, 6) is 0. The molecule has 0 heterocycles. The molecule has 1 aliphatic carbocycles. The molecule has 20 heavy (non-hydrogen) atoms. The third-order valence-electron chi connectivity index (χ3n) is 4.01. The summed E-state index contributed by atoms with van der Waals surface area (Å²) >= 11 is 0. The minimum atomic E-state index is 1.16. The van der Waals surface area contributed by atoms with Gasteiger partial charge in [0, 0.05) is 0 Å². The first-order chi connectivity index (χ1) is 9.88. The van der Waals surface area contributed by atoms with Crippen molar-refractivity contribution in [1.82, 2.24) is 0 Å². The standard InChI is InChI=1S/C20H14/c1-2-14-10-12-15(13-11-14)16-8-5-9-19-17-6-3-4-7-18(17)20(16)19/h2-13H,1H2. The molecule has 4 rings (SSSR count). The van der Waals surface area contributed by atoms with E-state index in [4.69, 9.17) is 0 Å². The van der Waals surface area contributed by atoms with E-state index in [2.05, 4.69) is 73.3 Å². The van der Waals surface area contributed by atoms with E-state index in [9.17, 15) is 0 Å². The van der Waals surface area contributed by atoms with Gasteiger partial charge in [0.05, 0.1) is 0 Å². The van der Waals surface area contributed by atoms with Crippen molar-refractivity contribution < 1.29 is 0 Å². The Balaban J connectivity index is 1.89. The Labute approximate surface area is 119 Å². The summed E-state index contributed by atoms with van der Waals surface area (Å²) in [4.78, 5) is 0.